The van der Waals surface area contributed by atoms with Gasteiger partial charge in [-0.1, -0.05) is 26.8 Å². The van der Waals surface area contributed by atoms with Crippen molar-refractivity contribution in [2.75, 3.05) is 5.32 Å². The fourth-order valence-corrected chi connectivity index (χ4v) is 3.33. The Kier molecular flexibility index (Phi) is 4.61. The number of thiazole rings is 1. The summed E-state index contributed by atoms with van der Waals surface area (Å²) in [6.07, 6.45) is 0. The second-order valence-electron chi connectivity index (χ2n) is 6.26. The number of carbonyl (C=O) groups is 1. The Bertz CT molecular complexity index is 849. The molecule has 0 saturated carbocycles. The Labute approximate surface area is 139 Å². The maximum Gasteiger partial charge on any atom is 0.257 e. The molecule has 0 spiro atoms. The summed E-state index contributed by atoms with van der Waals surface area (Å²) in [5.74, 6) is -0.414. The number of anilines is 1. The first-order chi connectivity index (χ1) is 10.5. The summed E-state index contributed by atoms with van der Waals surface area (Å²) < 4.78 is 22.9. The smallest absolute Gasteiger partial charge is 0.257 e. The molecule has 3 N–H and O–H groups in total. The first-order valence-corrected chi connectivity index (χ1v) is 9.32. The van der Waals surface area contributed by atoms with Crippen LogP contribution in [-0.4, -0.2) is 19.3 Å². The Balaban J connectivity index is 2.29. The van der Waals surface area contributed by atoms with Crippen molar-refractivity contribution in [2.24, 2.45) is 5.14 Å². The lowest BCUT2D eigenvalue weighted by Crippen LogP contribution is -2.17. The van der Waals surface area contributed by atoms with Gasteiger partial charge in [-0.05, 0) is 24.6 Å². The van der Waals surface area contributed by atoms with Gasteiger partial charge in [-0.3, -0.25) is 10.1 Å². The molecule has 0 atom stereocenters. The minimum Gasteiger partial charge on any atom is -0.298 e. The fourth-order valence-electron chi connectivity index (χ4n) is 1.86. The summed E-state index contributed by atoms with van der Waals surface area (Å²) in [5, 5.41) is 10.2. The van der Waals surface area contributed by atoms with Crippen molar-refractivity contribution in [2.45, 2.75) is 38.0 Å². The molecule has 0 aliphatic carbocycles. The molecule has 2 aromatic rings. The van der Waals surface area contributed by atoms with Gasteiger partial charge in [-0.15, -0.1) is 11.3 Å². The van der Waals surface area contributed by atoms with Crippen LogP contribution in [0.2, 0.25) is 0 Å². The summed E-state index contributed by atoms with van der Waals surface area (Å²) in [5.41, 5.74) is 1.68. The molecule has 1 heterocycles. The van der Waals surface area contributed by atoms with Gasteiger partial charge in [0.15, 0.2) is 5.13 Å². The highest BCUT2D eigenvalue weighted by Gasteiger charge is 2.19. The number of benzene rings is 1. The lowest BCUT2D eigenvalue weighted by Gasteiger charge is -2.14. The highest BCUT2D eigenvalue weighted by Crippen LogP contribution is 2.27. The molecule has 0 aliphatic rings. The zero-order chi connectivity index (χ0) is 17.4. The lowest BCUT2D eigenvalue weighted by molar-refractivity contribution is 0.102. The molecule has 1 amide bonds. The van der Waals surface area contributed by atoms with Crippen LogP contribution in [0.3, 0.4) is 0 Å². The zero-order valence-electron chi connectivity index (χ0n) is 13.4. The standard InChI is InChI=1S/C15H19N3O3S2/c1-9-5-6-10(23(16,20)21)7-11(9)13(19)18-14-17-12(8-22-14)15(2,3)4/h5-8H,1-4H3,(H2,16,20,21)(H,17,18,19). The largest absolute Gasteiger partial charge is 0.298 e. The van der Waals surface area contributed by atoms with Crippen molar-refractivity contribution in [1.82, 2.24) is 4.98 Å². The van der Waals surface area contributed by atoms with Crippen LogP contribution in [0.5, 0.6) is 0 Å². The number of nitrogens with two attached hydrogens (primary N) is 1. The highest BCUT2D eigenvalue weighted by molar-refractivity contribution is 7.89. The number of rotatable bonds is 3. The van der Waals surface area contributed by atoms with Gasteiger partial charge in [-0.2, -0.15) is 0 Å². The van der Waals surface area contributed by atoms with Gasteiger partial charge in [0.1, 0.15) is 0 Å². The van der Waals surface area contributed by atoms with E-state index in [-0.39, 0.29) is 15.9 Å². The average molecular weight is 353 g/mol. The van der Waals surface area contributed by atoms with Crippen LogP contribution in [0, 0.1) is 6.92 Å². The summed E-state index contributed by atoms with van der Waals surface area (Å²) in [6, 6.07) is 4.21. The zero-order valence-corrected chi connectivity index (χ0v) is 15.0. The number of aromatic nitrogens is 1. The Hall–Kier alpha value is -1.77. The first kappa shape index (κ1) is 17.6. The molecule has 0 radical (unpaired) electrons. The SMILES string of the molecule is Cc1ccc(S(N)(=O)=O)cc1C(=O)Nc1nc(C(C)(C)C)cs1. The second kappa shape index (κ2) is 6.03. The predicted octanol–water partition coefficient (Wildman–Crippen LogP) is 2.65. The number of sulfonamides is 1. The Morgan fingerprint density at radius 3 is 2.48 bits per heavy atom. The maximum atomic E-state index is 12.4. The number of aryl methyl sites for hydroxylation is 1. The van der Waals surface area contributed by atoms with E-state index in [0.717, 1.165) is 5.69 Å². The van der Waals surface area contributed by atoms with E-state index in [1.54, 1.807) is 13.0 Å². The van der Waals surface area contributed by atoms with E-state index in [4.69, 9.17) is 5.14 Å². The third-order valence-electron chi connectivity index (χ3n) is 3.28. The summed E-state index contributed by atoms with van der Waals surface area (Å²) in [7, 11) is -3.86. The highest BCUT2D eigenvalue weighted by atomic mass is 32.2. The fraction of sp³-hybridized carbons (Fsp3) is 0.333. The van der Waals surface area contributed by atoms with E-state index < -0.39 is 15.9 Å². The Morgan fingerprint density at radius 2 is 1.96 bits per heavy atom. The molecule has 0 aliphatic heterocycles. The number of hydrogen-bond acceptors (Lipinski definition) is 5. The van der Waals surface area contributed by atoms with E-state index in [2.05, 4.69) is 10.3 Å². The van der Waals surface area contributed by atoms with Crippen molar-refractivity contribution in [3.8, 4) is 0 Å². The van der Waals surface area contributed by atoms with E-state index >= 15 is 0 Å². The van der Waals surface area contributed by atoms with Crippen LogP contribution in [0.1, 0.15) is 42.4 Å². The van der Waals surface area contributed by atoms with Crippen molar-refractivity contribution in [1.29, 1.82) is 0 Å². The van der Waals surface area contributed by atoms with Gasteiger partial charge in [0.05, 0.1) is 10.6 Å². The van der Waals surface area contributed by atoms with E-state index in [0.29, 0.717) is 10.7 Å². The topological polar surface area (TPSA) is 102 Å². The molecule has 6 nitrogen and oxygen atoms in total. The number of nitrogens with one attached hydrogen (secondary N) is 1. The third-order valence-corrected chi connectivity index (χ3v) is 4.94. The monoisotopic (exact) mass is 353 g/mol. The van der Waals surface area contributed by atoms with Crippen LogP contribution in [0.25, 0.3) is 0 Å². The molecule has 1 aromatic carbocycles. The molecule has 0 bridgehead atoms. The average Bonchev–Trinajstić information content (AvgIpc) is 2.86. The quantitative estimate of drug-likeness (QED) is 0.885. The molecular weight excluding hydrogens is 334 g/mol. The number of amides is 1. The molecule has 1 aromatic heterocycles. The van der Waals surface area contributed by atoms with Gasteiger partial charge in [-0.25, -0.2) is 18.5 Å². The van der Waals surface area contributed by atoms with Crippen molar-refractivity contribution in [3.05, 3.63) is 40.4 Å². The number of nitrogens with zero attached hydrogens (tertiary/aromatic N) is 1. The van der Waals surface area contributed by atoms with Crippen LogP contribution >= 0.6 is 11.3 Å². The van der Waals surface area contributed by atoms with Crippen LogP contribution in [0.4, 0.5) is 5.13 Å². The second-order valence-corrected chi connectivity index (χ2v) is 8.68. The molecule has 0 fully saturated rings. The number of hydrogen-bond donors (Lipinski definition) is 2. The van der Waals surface area contributed by atoms with Gasteiger partial charge in [0, 0.05) is 16.4 Å². The van der Waals surface area contributed by atoms with Crippen molar-refractivity contribution < 1.29 is 13.2 Å². The van der Waals surface area contributed by atoms with E-state index in [1.807, 2.05) is 26.2 Å². The summed E-state index contributed by atoms with van der Waals surface area (Å²) >= 11 is 1.33. The van der Waals surface area contributed by atoms with Crippen molar-refractivity contribution >= 4 is 32.4 Å². The lowest BCUT2D eigenvalue weighted by atomic mass is 9.93. The molecule has 0 unspecified atom stereocenters. The van der Waals surface area contributed by atoms with Crippen LogP contribution in [-0.2, 0) is 15.4 Å². The molecule has 124 valence electrons. The predicted molar refractivity (Wildman–Crippen MR) is 91.3 cm³/mol. The van der Waals surface area contributed by atoms with Crippen LogP contribution < -0.4 is 10.5 Å². The number of carbonyl (C=O) groups excluding carboxylic acids is 1. The van der Waals surface area contributed by atoms with Gasteiger partial charge >= 0.3 is 0 Å². The maximum absolute atomic E-state index is 12.4. The molecule has 2 rings (SSSR count). The summed E-state index contributed by atoms with van der Waals surface area (Å²) in [4.78, 5) is 16.7. The van der Waals surface area contributed by atoms with Gasteiger partial charge in [0.25, 0.3) is 5.91 Å². The van der Waals surface area contributed by atoms with Gasteiger partial charge in [0.2, 0.25) is 10.0 Å². The van der Waals surface area contributed by atoms with Crippen molar-refractivity contribution in [3.63, 3.8) is 0 Å². The van der Waals surface area contributed by atoms with E-state index in [9.17, 15) is 13.2 Å². The molecule has 23 heavy (non-hydrogen) atoms. The molecule has 0 saturated heterocycles. The Morgan fingerprint density at radius 1 is 1.30 bits per heavy atom. The van der Waals surface area contributed by atoms with E-state index in [1.165, 1.54) is 23.5 Å². The normalized spacial score (nSPS) is 12.2. The summed E-state index contributed by atoms with van der Waals surface area (Å²) in [6.45, 7) is 7.83. The first-order valence-electron chi connectivity index (χ1n) is 6.89. The number of primary sulfonamides is 1. The van der Waals surface area contributed by atoms with Crippen LogP contribution in [0.15, 0.2) is 28.5 Å². The third kappa shape index (κ3) is 4.15. The minimum atomic E-state index is -3.86. The molecule has 8 heteroatoms. The molecular formula is C15H19N3O3S2. The van der Waals surface area contributed by atoms with Gasteiger partial charge < -0.3 is 0 Å². The minimum absolute atomic E-state index is 0.0947.